The minimum atomic E-state index is -2.15. The molecule has 0 aliphatic carbocycles. The SMILES string of the molecule is O=C(c1cnc2ccc(F)cc2c1N1CCC2(CC1)OCCO2)N1CCN(CS(=O)[O-])CC1. The van der Waals surface area contributed by atoms with Crippen molar-refractivity contribution < 1.29 is 27.4 Å². The van der Waals surface area contributed by atoms with Crippen molar-refractivity contribution in [3.05, 3.63) is 35.8 Å². The number of fused-ring (bicyclic) bond motifs is 1. The molecule has 178 valence electrons. The molecule has 11 heteroatoms. The van der Waals surface area contributed by atoms with Crippen LogP contribution in [-0.4, -0.2) is 93.6 Å². The summed E-state index contributed by atoms with van der Waals surface area (Å²) in [5.74, 6) is -1.17. The van der Waals surface area contributed by atoms with Gasteiger partial charge in [0.15, 0.2) is 5.79 Å². The van der Waals surface area contributed by atoms with Crippen LogP contribution in [0.2, 0.25) is 0 Å². The predicted molar refractivity (Wildman–Crippen MR) is 119 cm³/mol. The summed E-state index contributed by atoms with van der Waals surface area (Å²) in [6.07, 6.45) is 2.89. The number of carbonyl (C=O) groups excluding carboxylic acids is 1. The van der Waals surface area contributed by atoms with E-state index in [1.165, 1.54) is 12.1 Å². The summed E-state index contributed by atoms with van der Waals surface area (Å²) < 4.78 is 47.9. The van der Waals surface area contributed by atoms with Gasteiger partial charge >= 0.3 is 0 Å². The van der Waals surface area contributed by atoms with Crippen LogP contribution in [0.1, 0.15) is 23.2 Å². The van der Waals surface area contributed by atoms with Gasteiger partial charge in [-0.15, -0.1) is 0 Å². The van der Waals surface area contributed by atoms with Gasteiger partial charge < -0.3 is 23.8 Å². The van der Waals surface area contributed by atoms with Gasteiger partial charge in [-0.3, -0.25) is 18.9 Å². The van der Waals surface area contributed by atoms with Crippen LogP contribution in [0.4, 0.5) is 10.1 Å². The first-order chi connectivity index (χ1) is 15.9. The Balaban J connectivity index is 1.44. The van der Waals surface area contributed by atoms with Crippen molar-refractivity contribution in [3.63, 3.8) is 0 Å². The highest BCUT2D eigenvalue weighted by Gasteiger charge is 2.41. The molecule has 0 N–H and O–H groups in total. The number of piperidine rings is 1. The Bertz CT molecular complexity index is 1060. The highest BCUT2D eigenvalue weighted by Crippen LogP contribution is 2.37. The van der Waals surface area contributed by atoms with Gasteiger partial charge in [0.25, 0.3) is 5.91 Å². The maximum atomic E-state index is 14.2. The number of benzene rings is 1. The van der Waals surface area contributed by atoms with Crippen molar-refractivity contribution in [1.82, 2.24) is 14.8 Å². The summed E-state index contributed by atoms with van der Waals surface area (Å²) in [5.41, 5.74) is 1.73. The number of anilines is 1. The number of halogens is 1. The van der Waals surface area contributed by atoms with E-state index in [1.807, 2.05) is 0 Å². The molecule has 1 amide bonds. The summed E-state index contributed by atoms with van der Waals surface area (Å²) in [5, 5.41) is 0.602. The van der Waals surface area contributed by atoms with Crippen molar-refractivity contribution >= 4 is 33.6 Å². The largest absolute Gasteiger partial charge is 0.771 e. The number of piperazine rings is 1. The first-order valence-corrected chi connectivity index (χ1v) is 12.4. The van der Waals surface area contributed by atoms with Crippen LogP contribution < -0.4 is 4.90 Å². The monoisotopic (exact) mass is 477 g/mol. The fourth-order valence-corrected chi connectivity index (χ4v) is 5.46. The second-order valence-corrected chi connectivity index (χ2v) is 9.49. The van der Waals surface area contributed by atoms with Crippen molar-refractivity contribution in [3.8, 4) is 0 Å². The first-order valence-electron chi connectivity index (χ1n) is 11.1. The minimum absolute atomic E-state index is 0.0379. The third kappa shape index (κ3) is 4.60. The molecule has 3 aliphatic rings. The summed E-state index contributed by atoms with van der Waals surface area (Å²) in [6.45, 7) is 4.18. The minimum Gasteiger partial charge on any atom is -0.771 e. The Morgan fingerprint density at radius 3 is 2.48 bits per heavy atom. The number of hydrogen-bond acceptors (Lipinski definition) is 8. The third-order valence-electron chi connectivity index (χ3n) is 6.63. The molecular weight excluding hydrogens is 451 g/mol. The molecule has 3 saturated heterocycles. The smallest absolute Gasteiger partial charge is 0.257 e. The molecule has 1 unspecified atom stereocenters. The van der Waals surface area contributed by atoms with E-state index in [-0.39, 0.29) is 17.6 Å². The van der Waals surface area contributed by atoms with E-state index >= 15 is 0 Å². The fraction of sp³-hybridized carbons (Fsp3) is 0.545. The molecule has 33 heavy (non-hydrogen) atoms. The van der Waals surface area contributed by atoms with E-state index in [0.717, 1.165) is 0 Å². The molecule has 0 radical (unpaired) electrons. The van der Waals surface area contributed by atoms with Gasteiger partial charge in [0, 0.05) is 63.7 Å². The Kier molecular flexibility index (Phi) is 6.32. The van der Waals surface area contributed by atoms with Gasteiger partial charge in [0.1, 0.15) is 5.82 Å². The number of carbonyl (C=O) groups is 1. The quantitative estimate of drug-likeness (QED) is 0.608. The first kappa shape index (κ1) is 22.6. The number of aromatic nitrogens is 1. The van der Waals surface area contributed by atoms with Crippen molar-refractivity contribution in [1.29, 1.82) is 0 Å². The van der Waals surface area contributed by atoms with Crippen molar-refractivity contribution in [2.75, 3.05) is 63.3 Å². The molecule has 1 spiro atoms. The molecule has 0 saturated carbocycles. The lowest BCUT2D eigenvalue weighted by atomic mass is 10.00. The molecule has 4 heterocycles. The van der Waals surface area contributed by atoms with Crippen molar-refractivity contribution in [2.24, 2.45) is 0 Å². The van der Waals surface area contributed by atoms with Crippen LogP contribution in [0, 0.1) is 5.82 Å². The molecule has 1 aromatic heterocycles. The summed E-state index contributed by atoms with van der Waals surface area (Å²) in [6, 6.07) is 4.42. The fourth-order valence-electron chi connectivity index (χ4n) is 4.90. The van der Waals surface area contributed by atoms with Crippen LogP contribution >= 0.6 is 0 Å². The average molecular weight is 478 g/mol. The van der Waals surface area contributed by atoms with Crippen molar-refractivity contribution in [2.45, 2.75) is 18.6 Å². The molecule has 1 atom stereocenters. The molecule has 5 rings (SSSR count). The molecule has 3 fully saturated rings. The van der Waals surface area contributed by atoms with Gasteiger partial charge in [-0.2, -0.15) is 0 Å². The maximum absolute atomic E-state index is 14.2. The van der Waals surface area contributed by atoms with Gasteiger partial charge in [-0.25, -0.2) is 4.39 Å². The zero-order chi connectivity index (χ0) is 23.0. The highest BCUT2D eigenvalue weighted by molar-refractivity contribution is 7.79. The Hall–Kier alpha value is -2.18. The van der Waals surface area contributed by atoms with Crippen LogP contribution in [0.15, 0.2) is 24.4 Å². The van der Waals surface area contributed by atoms with E-state index < -0.39 is 16.9 Å². The lowest BCUT2D eigenvalue weighted by molar-refractivity contribution is -0.169. The number of nitrogens with zero attached hydrogens (tertiary/aromatic N) is 4. The Morgan fingerprint density at radius 1 is 1.12 bits per heavy atom. The van der Waals surface area contributed by atoms with E-state index in [2.05, 4.69) is 9.88 Å². The summed E-state index contributed by atoms with van der Waals surface area (Å²) in [7, 11) is 0. The van der Waals surface area contributed by atoms with E-state index in [1.54, 1.807) is 22.1 Å². The molecule has 0 bridgehead atoms. The van der Waals surface area contributed by atoms with Crippen LogP contribution in [0.5, 0.6) is 0 Å². The number of pyridine rings is 1. The molecule has 2 aromatic rings. The standard InChI is InChI=1S/C22H27FN4O5S/c23-16-1-2-19-17(13-16)20(26-5-3-22(4-6-26)31-11-12-32-22)18(14-24-19)21(28)27-9-7-25(8-10-27)15-33(29)30/h1-2,13-14H,3-12,15H2,(H,29,30)/p-1. The van der Waals surface area contributed by atoms with Crippen LogP contribution in [-0.2, 0) is 20.6 Å². The van der Waals surface area contributed by atoms with Gasteiger partial charge in [0.2, 0.25) is 0 Å². The van der Waals surface area contributed by atoms with Crippen LogP contribution in [0.25, 0.3) is 10.9 Å². The number of rotatable bonds is 4. The zero-order valence-electron chi connectivity index (χ0n) is 18.2. The predicted octanol–water partition coefficient (Wildman–Crippen LogP) is 1.31. The molecule has 3 aliphatic heterocycles. The second kappa shape index (κ2) is 9.22. The Labute approximate surface area is 193 Å². The normalized spacial score (nSPS) is 22.2. The molecule has 1 aromatic carbocycles. The third-order valence-corrected chi connectivity index (χ3v) is 7.21. The number of hydrogen-bond donors (Lipinski definition) is 0. The van der Waals surface area contributed by atoms with Crippen LogP contribution in [0.3, 0.4) is 0 Å². The average Bonchev–Trinajstić information content (AvgIpc) is 3.26. The second-order valence-electron chi connectivity index (χ2n) is 8.62. The molecular formula is C22H26FN4O5S-. The summed E-state index contributed by atoms with van der Waals surface area (Å²) in [4.78, 5) is 23.6. The Morgan fingerprint density at radius 2 is 1.82 bits per heavy atom. The van der Waals surface area contributed by atoms with E-state index in [4.69, 9.17) is 9.47 Å². The topological polar surface area (TPSA) is 98.3 Å². The van der Waals surface area contributed by atoms with Gasteiger partial charge in [-0.05, 0) is 29.3 Å². The zero-order valence-corrected chi connectivity index (χ0v) is 19.0. The van der Waals surface area contributed by atoms with Gasteiger partial charge in [-0.1, -0.05) is 0 Å². The summed E-state index contributed by atoms with van der Waals surface area (Å²) >= 11 is -2.15. The molecule has 9 nitrogen and oxygen atoms in total. The van der Waals surface area contributed by atoms with E-state index in [9.17, 15) is 17.9 Å². The van der Waals surface area contributed by atoms with Gasteiger partial charge in [0.05, 0.1) is 35.9 Å². The number of amides is 1. The number of ether oxygens (including phenoxy) is 2. The lowest BCUT2D eigenvalue weighted by Gasteiger charge is -2.40. The lowest BCUT2D eigenvalue weighted by Crippen LogP contribution is -2.50. The highest BCUT2D eigenvalue weighted by atomic mass is 32.2. The maximum Gasteiger partial charge on any atom is 0.257 e. The van der Waals surface area contributed by atoms with E-state index in [0.29, 0.717) is 87.5 Å².